The van der Waals surface area contributed by atoms with Gasteiger partial charge in [-0.05, 0) is 24.0 Å². The zero-order chi connectivity index (χ0) is 16.9. The van der Waals surface area contributed by atoms with Crippen molar-refractivity contribution in [2.45, 2.75) is 44.2 Å². The fourth-order valence-electron chi connectivity index (χ4n) is 3.67. The van der Waals surface area contributed by atoms with Crippen LogP contribution in [0.5, 0.6) is 0 Å². The van der Waals surface area contributed by atoms with E-state index >= 15 is 0 Å². The van der Waals surface area contributed by atoms with E-state index in [1.807, 2.05) is 43.3 Å². The molecule has 1 saturated carbocycles. The second kappa shape index (κ2) is 9.02. The summed E-state index contributed by atoms with van der Waals surface area (Å²) in [6.07, 6.45) is 3.33. The third-order valence-corrected chi connectivity index (χ3v) is 5.21. The molecule has 2 aromatic rings. The van der Waals surface area contributed by atoms with E-state index in [2.05, 4.69) is 29.6 Å². The molecule has 134 valence electrons. The first kappa shape index (κ1) is 19.5. The fourth-order valence-corrected chi connectivity index (χ4v) is 3.67. The standard InChI is InChI=1S/C21H26N2O.ClH/c1-15(20(22)17-11-6-3-7-12-17)21(24)23-19-14-8-13-18(19)16-9-4-2-5-10-16;/h2-7,9-12,15,18-20H,8,13-14,22H2,1H3,(H,23,24);1H. The summed E-state index contributed by atoms with van der Waals surface area (Å²) in [5, 5.41) is 3.26. The summed E-state index contributed by atoms with van der Waals surface area (Å²) in [6.45, 7) is 1.92. The van der Waals surface area contributed by atoms with Crippen molar-refractivity contribution in [3.8, 4) is 0 Å². The number of carbonyl (C=O) groups excluding carboxylic acids is 1. The summed E-state index contributed by atoms with van der Waals surface area (Å²) in [5.41, 5.74) is 8.62. The topological polar surface area (TPSA) is 55.1 Å². The number of hydrogen-bond acceptors (Lipinski definition) is 2. The van der Waals surface area contributed by atoms with E-state index in [4.69, 9.17) is 5.73 Å². The Bertz CT molecular complexity index is 662. The molecule has 1 aliphatic rings. The minimum atomic E-state index is -0.275. The molecule has 0 spiro atoms. The Balaban J connectivity index is 0.00000225. The Morgan fingerprint density at radius 1 is 1.04 bits per heavy atom. The molecule has 3 nitrogen and oxygen atoms in total. The molecule has 1 fully saturated rings. The van der Waals surface area contributed by atoms with Crippen LogP contribution in [0.15, 0.2) is 60.7 Å². The van der Waals surface area contributed by atoms with Gasteiger partial charge in [-0.3, -0.25) is 4.79 Å². The summed E-state index contributed by atoms with van der Waals surface area (Å²) in [4.78, 5) is 12.7. The van der Waals surface area contributed by atoms with Crippen molar-refractivity contribution < 1.29 is 4.79 Å². The van der Waals surface area contributed by atoms with Crippen LogP contribution in [-0.2, 0) is 4.79 Å². The number of hydrogen-bond donors (Lipinski definition) is 2. The number of rotatable bonds is 5. The largest absolute Gasteiger partial charge is 0.352 e. The van der Waals surface area contributed by atoms with Crippen molar-refractivity contribution in [3.05, 3.63) is 71.8 Å². The van der Waals surface area contributed by atoms with E-state index in [-0.39, 0.29) is 36.3 Å². The minimum absolute atomic E-state index is 0. The van der Waals surface area contributed by atoms with E-state index in [1.54, 1.807) is 0 Å². The summed E-state index contributed by atoms with van der Waals surface area (Å²) in [6, 6.07) is 20.3. The highest BCUT2D eigenvalue weighted by Gasteiger charge is 2.32. The molecule has 4 atom stereocenters. The molecule has 4 unspecified atom stereocenters. The lowest BCUT2D eigenvalue weighted by atomic mass is 9.91. The van der Waals surface area contributed by atoms with Gasteiger partial charge < -0.3 is 11.1 Å². The van der Waals surface area contributed by atoms with E-state index < -0.39 is 0 Å². The van der Waals surface area contributed by atoms with Gasteiger partial charge in [0.1, 0.15) is 0 Å². The zero-order valence-electron chi connectivity index (χ0n) is 14.6. The van der Waals surface area contributed by atoms with Gasteiger partial charge >= 0.3 is 0 Å². The van der Waals surface area contributed by atoms with Gasteiger partial charge in [-0.15, -0.1) is 12.4 Å². The quantitative estimate of drug-likeness (QED) is 0.841. The van der Waals surface area contributed by atoms with Crippen molar-refractivity contribution in [1.82, 2.24) is 5.32 Å². The zero-order valence-corrected chi connectivity index (χ0v) is 15.4. The normalized spacial score (nSPS) is 21.8. The van der Waals surface area contributed by atoms with Crippen LogP contribution in [0.2, 0.25) is 0 Å². The maximum Gasteiger partial charge on any atom is 0.224 e. The van der Waals surface area contributed by atoms with E-state index in [0.29, 0.717) is 5.92 Å². The summed E-state index contributed by atoms with van der Waals surface area (Å²) in [5.74, 6) is 0.221. The molecule has 4 heteroatoms. The SMILES string of the molecule is CC(C(=O)NC1CCCC1c1ccccc1)C(N)c1ccccc1.Cl. The average molecular weight is 359 g/mol. The Morgan fingerprint density at radius 3 is 2.28 bits per heavy atom. The van der Waals surface area contributed by atoms with Crippen molar-refractivity contribution >= 4 is 18.3 Å². The van der Waals surface area contributed by atoms with Crippen molar-refractivity contribution in [2.24, 2.45) is 11.7 Å². The number of carbonyl (C=O) groups is 1. The molecular formula is C21H27ClN2O. The molecule has 0 aliphatic heterocycles. The van der Waals surface area contributed by atoms with E-state index in [0.717, 1.165) is 24.8 Å². The summed E-state index contributed by atoms with van der Waals surface area (Å²) < 4.78 is 0. The van der Waals surface area contributed by atoms with Crippen molar-refractivity contribution in [2.75, 3.05) is 0 Å². The number of halogens is 1. The van der Waals surface area contributed by atoms with Gasteiger partial charge in [0, 0.05) is 18.0 Å². The molecule has 2 aromatic carbocycles. The number of benzene rings is 2. The predicted octanol–water partition coefficient (Wildman–Crippen LogP) is 4.20. The molecule has 0 heterocycles. The van der Waals surface area contributed by atoms with Gasteiger partial charge in [0.25, 0.3) is 0 Å². The summed E-state index contributed by atoms with van der Waals surface area (Å²) >= 11 is 0. The Kier molecular flexibility index (Phi) is 7.03. The molecule has 1 amide bonds. The second-order valence-electron chi connectivity index (χ2n) is 6.79. The molecule has 0 aromatic heterocycles. The van der Waals surface area contributed by atoms with Crippen LogP contribution in [0, 0.1) is 5.92 Å². The minimum Gasteiger partial charge on any atom is -0.352 e. The highest BCUT2D eigenvalue weighted by molar-refractivity contribution is 5.85. The van der Waals surface area contributed by atoms with Crippen LogP contribution in [0.25, 0.3) is 0 Å². The van der Waals surface area contributed by atoms with Crippen LogP contribution in [0.4, 0.5) is 0 Å². The molecule has 0 radical (unpaired) electrons. The van der Waals surface area contributed by atoms with Gasteiger partial charge in [-0.1, -0.05) is 74.0 Å². The highest BCUT2D eigenvalue weighted by atomic mass is 35.5. The van der Waals surface area contributed by atoms with Gasteiger partial charge in [0.15, 0.2) is 0 Å². The van der Waals surface area contributed by atoms with Gasteiger partial charge in [0.05, 0.1) is 5.92 Å². The summed E-state index contributed by atoms with van der Waals surface area (Å²) in [7, 11) is 0. The van der Waals surface area contributed by atoms with E-state index in [1.165, 1.54) is 5.56 Å². The van der Waals surface area contributed by atoms with Crippen molar-refractivity contribution in [1.29, 1.82) is 0 Å². The second-order valence-corrected chi connectivity index (χ2v) is 6.79. The van der Waals surface area contributed by atoms with Gasteiger partial charge in [-0.25, -0.2) is 0 Å². The number of amides is 1. The third kappa shape index (κ3) is 4.62. The van der Waals surface area contributed by atoms with Crippen LogP contribution >= 0.6 is 12.4 Å². The fraction of sp³-hybridized carbons (Fsp3) is 0.381. The first-order valence-electron chi connectivity index (χ1n) is 8.82. The number of nitrogens with one attached hydrogen (secondary N) is 1. The lowest BCUT2D eigenvalue weighted by Crippen LogP contribution is -2.42. The molecule has 3 rings (SSSR count). The lowest BCUT2D eigenvalue weighted by molar-refractivity contribution is -0.125. The smallest absolute Gasteiger partial charge is 0.224 e. The van der Waals surface area contributed by atoms with Crippen LogP contribution < -0.4 is 11.1 Å². The molecule has 3 N–H and O–H groups in total. The molecule has 25 heavy (non-hydrogen) atoms. The Labute approximate surface area is 156 Å². The number of nitrogens with two attached hydrogens (primary N) is 1. The predicted molar refractivity (Wildman–Crippen MR) is 105 cm³/mol. The Morgan fingerprint density at radius 2 is 1.64 bits per heavy atom. The average Bonchev–Trinajstić information content (AvgIpc) is 3.10. The molecular weight excluding hydrogens is 332 g/mol. The third-order valence-electron chi connectivity index (χ3n) is 5.21. The van der Waals surface area contributed by atoms with Gasteiger partial charge in [-0.2, -0.15) is 0 Å². The highest BCUT2D eigenvalue weighted by Crippen LogP contribution is 2.35. The van der Waals surface area contributed by atoms with Gasteiger partial charge in [0.2, 0.25) is 5.91 Å². The molecule has 1 aliphatic carbocycles. The monoisotopic (exact) mass is 358 g/mol. The first-order valence-corrected chi connectivity index (χ1v) is 8.82. The van der Waals surface area contributed by atoms with Crippen LogP contribution in [0.3, 0.4) is 0 Å². The van der Waals surface area contributed by atoms with E-state index in [9.17, 15) is 4.79 Å². The maximum absolute atomic E-state index is 12.7. The molecule has 0 saturated heterocycles. The van der Waals surface area contributed by atoms with Crippen LogP contribution in [-0.4, -0.2) is 11.9 Å². The van der Waals surface area contributed by atoms with Crippen molar-refractivity contribution in [3.63, 3.8) is 0 Å². The lowest BCUT2D eigenvalue weighted by Gasteiger charge is -2.25. The maximum atomic E-state index is 12.7. The van der Waals surface area contributed by atoms with Crippen LogP contribution in [0.1, 0.15) is 49.3 Å². The Hall–Kier alpha value is -1.84. The first-order chi connectivity index (χ1) is 11.7. The molecule has 0 bridgehead atoms.